The number of nitrogens with one attached hydrogen (secondary N) is 1. The molecule has 7 heteroatoms. The lowest BCUT2D eigenvalue weighted by Gasteiger charge is -2.12. The molecule has 0 radical (unpaired) electrons. The van der Waals surface area contributed by atoms with Gasteiger partial charge in [-0.25, -0.2) is 0 Å². The van der Waals surface area contributed by atoms with Crippen LogP contribution in [-0.4, -0.2) is 39.4 Å². The van der Waals surface area contributed by atoms with Crippen molar-refractivity contribution in [1.82, 2.24) is 0 Å². The molecule has 0 spiro atoms. The lowest BCUT2D eigenvalue weighted by Crippen LogP contribution is -2.15. The van der Waals surface area contributed by atoms with Gasteiger partial charge in [-0.05, 0) is 48.5 Å². The smallest absolute Gasteiger partial charge is 0.259 e. The molecule has 0 aliphatic carbocycles. The zero-order valence-electron chi connectivity index (χ0n) is 17.4. The Kier molecular flexibility index (Phi) is 8.72. The van der Waals surface area contributed by atoms with Crippen LogP contribution in [0.2, 0.25) is 0 Å². The van der Waals surface area contributed by atoms with E-state index >= 15 is 0 Å². The summed E-state index contributed by atoms with van der Waals surface area (Å²) in [6.45, 7) is 1.79. The maximum atomic E-state index is 12.7. The van der Waals surface area contributed by atoms with E-state index in [1.54, 1.807) is 49.6 Å². The summed E-state index contributed by atoms with van der Waals surface area (Å²) < 4.78 is 16.0. The summed E-state index contributed by atoms with van der Waals surface area (Å²) in [5.41, 5.74) is 2.58. The minimum absolute atomic E-state index is 0.255. The minimum atomic E-state index is -0.255. The fourth-order valence-corrected chi connectivity index (χ4v) is 2.65. The third-order valence-corrected chi connectivity index (χ3v) is 4.21. The average molecular weight is 419 g/mol. The molecule has 0 bridgehead atoms. The van der Waals surface area contributed by atoms with E-state index in [-0.39, 0.29) is 5.91 Å². The molecule has 7 nitrogen and oxygen atoms in total. The molecule has 31 heavy (non-hydrogen) atoms. The molecule has 0 heterocycles. The fourth-order valence-electron chi connectivity index (χ4n) is 2.65. The van der Waals surface area contributed by atoms with Crippen LogP contribution < -0.4 is 10.1 Å². The normalized spacial score (nSPS) is 10.9. The molecular formula is C24H25N3O4. The van der Waals surface area contributed by atoms with Gasteiger partial charge in [0.1, 0.15) is 12.4 Å². The number of ether oxygens (including phenoxy) is 3. The highest BCUT2D eigenvalue weighted by Gasteiger charge is 2.12. The number of rotatable bonds is 11. The van der Waals surface area contributed by atoms with Crippen molar-refractivity contribution in [3.63, 3.8) is 0 Å². The number of hydrogen-bond donors (Lipinski definition) is 1. The second-order valence-corrected chi connectivity index (χ2v) is 6.49. The Hall–Kier alpha value is -3.55. The Morgan fingerprint density at radius 1 is 0.774 bits per heavy atom. The van der Waals surface area contributed by atoms with E-state index in [4.69, 9.17) is 14.2 Å². The number of carbonyl (C=O) groups is 1. The number of para-hydroxylation sites is 1. The van der Waals surface area contributed by atoms with Gasteiger partial charge in [0, 0.05) is 12.8 Å². The molecule has 1 amide bonds. The number of nitrogens with zero attached hydrogens (tertiary/aromatic N) is 2. The maximum absolute atomic E-state index is 12.7. The second-order valence-electron chi connectivity index (χ2n) is 6.49. The maximum Gasteiger partial charge on any atom is 0.259 e. The molecule has 160 valence electrons. The lowest BCUT2D eigenvalue weighted by molar-refractivity contribution is 0.0542. The summed E-state index contributed by atoms with van der Waals surface area (Å²) in [4.78, 5) is 12.7. The summed E-state index contributed by atoms with van der Waals surface area (Å²) in [7, 11) is 1.62. The monoisotopic (exact) mass is 419 g/mol. The molecule has 0 saturated heterocycles. The standard InChI is InChI=1S/C24H25N3O4/c1-29-15-16-30-17-18-31-23-10-6-5-9-22(23)24(28)25-19-11-13-21(14-12-19)27-26-20-7-3-2-4-8-20/h2-14H,15-18H2,1H3,(H,25,28). The van der Waals surface area contributed by atoms with Crippen molar-refractivity contribution in [2.45, 2.75) is 0 Å². The van der Waals surface area contributed by atoms with Crippen molar-refractivity contribution >= 4 is 23.0 Å². The topological polar surface area (TPSA) is 81.5 Å². The van der Waals surface area contributed by atoms with Gasteiger partial charge < -0.3 is 19.5 Å². The second kappa shape index (κ2) is 12.2. The van der Waals surface area contributed by atoms with E-state index in [9.17, 15) is 4.79 Å². The highest BCUT2D eigenvalue weighted by Crippen LogP contribution is 2.22. The molecule has 3 aromatic carbocycles. The van der Waals surface area contributed by atoms with Crippen LogP contribution >= 0.6 is 0 Å². The summed E-state index contributed by atoms with van der Waals surface area (Å²) in [5, 5.41) is 11.3. The Morgan fingerprint density at radius 2 is 1.42 bits per heavy atom. The van der Waals surface area contributed by atoms with Crippen LogP contribution in [0.15, 0.2) is 89.1 Å². The van der Waals surface area contributed by atoms with E-state index in [2.05, 4.69) is 15.5 Å². The largest absolute Gasteiger partial charge is 0.490 e. The van der Waals surface area contributed by atoms with E-state index in [1.807, 2.05) is 36.4 Å². The number of hydrogen-bond acceptors (Lipinski definition) is 6. The van der Waals surface area contributed by atoms with Crippen molar-refractivity contribution in [2.24, 2.45) is 10.2 Å². The first-order valence-corrected chi connectivity index (χ1v) is 9.93. The highest BCUT2D eigenvalue weighted by molar-refractivity contribution is 6.06. The Bertz CT molecular complexity index is 976. The van der Waals surface area contributed by atoms with E-state index in [1.165, 1.54) is 0 Å². The molecule has 0 saturated carbocycles. The van der Waals surface area contributed by atoms with Crippen LogP contribution in [0, 0.1) is 0 Å². The van der Waals surface area contributed by atoms with Gasteiger partial charge in [0.05, 0.1) is 36.8 Å². The van der Waals surface area contributed by atoms with E-state index < -0.39 is 0 Å². The molecule has 1 N–H and O–H groups in total. The molecule has 0 aromatic heterocycles. The quantitative estimate of drug-likeness (QED) is 0.333. The number of methoxy groups -OCH3 is 1. The van der Waals surface area contributed by atoms with Crippen molar-refractivity contribution < 1.29 is 19.0 Å². The molecule has 0 unspecified atom stereocenters. The first-order valence-electron chi connectivity index (χ1n) is 9.93. The van der Waals surface area contributed by atoms with Gasteiger partial charge in [0.2, 0.25) is 0 Å². The Labute approximate surface area is 181 Å². The summed E-state index contributed by atoms with van der Waals surface area (Å²) in [6, 6.07) is 23.7. The van der Waals surface area contributed by atoms with Gasteiger partial charge in [-0.3, -0.25) is 4.79 Å². The molecule has 0 fully saturated rings. The van der Waals surface area contributed by atoms with Crippen LogP contribution in [-0.2, 0) is 9.47 Å². The van der Waals surface area contributed by atoms with Gasteiger partial charge in [0.15, 0.2) is 0 Å². The van der Waals surface area contributed by atoms with Crippen molar-refractivity contribution in [3.05, 3.63) is 84.4 Å². The van der Waals surface area contributed by atoms with Crippen molar-refractivity contribution in [3.8, 4) is 5.75 Å². The third kappa shape index (κ3) is 7.33. The summed E-state index contributed by atoms with van der Waals surface area (Å²) in [6.07, 6.45) is 0. The number of azo groups is 1. The Morgan fingerprint density at radius 3 is 2.16 bits per heavy atom. The zero-order valence-corrected chi connectivity index (χ0v) is 17.4. The van der Waals surface area contributed by atoms with E-state index in [0.29, 0.717) is 49.1 Å². The Balaban J connectivity index is 1.55. The molecule has 3 rings (SSSR count). The fraction of sp³-hybridized carbons (Fsp3) is 0.208. The number of carbonyl (C=O) groups excluding carboxylic acids is 1. The van der Waals surface area contributed by atoms with Crippen LogP contribution in [0.3, 0.4) is 0 Å². The molecule has 0 aliphatic rings. The SMILES string of the molecule is COCCOCCOc1ccccc1C(=O)Nc1ccc(N=Nc2ccccc2)cc1. The predicted octanol–water partition coefficient (Wildman–Crippen LogP) is 5.40. The highest BCUT2D eigenvalue weighted by atomic mass is 16.5. The number of amides is 1. The first-order chi connectivity index (χ1) is 15.3. The van der Waals surface area contributed by atoms with Crippen LogP contribution in [0.25, 0.3) is 0 Å². The van der Waals surface area contributed by atoms with Gasteiger partial charge >= 0.3 is 0 Å². The van der Waals surface area contributed by atoms with Crippen LogP contribution in [0.1, 0.15) is 10.4 Å². The first kappa shape index (κ1) is 22.1. The minimum Gasteiger partial charge on any atom is -0.490 e. The zero-order chi connectivity index (χ0) is 21.7. The van der Waals surface area contributed by atoms with E-state index in [0.717, 1.165) is 5.69 Å². The van der Waals surface area contributed by atoms with Crippen LogP contribution in [0.4, 0.5) is 17.1 Å². The number of benzene rings is 3. The van der Waals surface area contributed by atoms with Gasteiger partial charge in [-0.2, -0.15) is 10.2 Å². The number of anilines is 1. The average Bonchev–Trinajstić information content (AvgIpc) is 2.82. The lowest BCUT2D eigenvalue weighted by atomic mass is 10.2. The molecule has 0 atom stereocenters. The van der Waals surface area contributed by atoms with Gasteiger partial charge in [0.25, 0.3) is 5.91 Å². The van der Waals surface area contributed by atoms with Crippen LogP contribution in [0.5, 0.6) is 5.75 Å². The molecular weight excluding hydrogens is 394 g/mol. The van der Waals surface area contributed by atoms with Crippen molar-refractivity contribution in [2.75, 3.05) is 38.9 Å². The summed E-state index contributed by atoms with van der Waals surface area (Å²) in [5.74, 6) is 0.248. The third-order valence-electron chi connectivity index (χ3n) is 4.21. The van der Waals surface area contributed by atoms with Gasteiger partial charge in [-0.15, -0.1) is 0 Å². The molecule has 0 aliphatic heterocycles. The molecule has 3 aromatic rings. The predicted molar refractivity (Wildman–Crippen MR) is 120 cm³/mol. The summed E-state index contributed by atoms with van der Waals surface area (Å²) >= 11 is 0. The van der Waals surface area contributed by atoms with Crippen molar-refractivity contribution in [1.29, 1.82) is 0 Å². The van der Waals surface area contributed by atoms with Gasteiger partial charge in [-0.1, -0.05) is 30.3 Å².